The van der Waals surface area contributed by atoms with Gasteiger partial charge in [0.05, 0.1) is 7.11 Å². The number of aliphatic hydroxyl groups excluding tert-OH is 1. The summed E-state index contributed by atoms with van der Waals surface area (Å²) in [6.07, 6.45) is 3.26. The van der Waals surface area contributed by atoms with Crippen LogP contribution in [0.25, 0.3) is 0 Å². The lowest BCUT2D eigenvalue weighted by Gasteiger charge is -2.26. The summed E-state index contributed by atoms with van der Waals surface area (Å²) in [5.41, 5.74) is 3.08. The van der Waals surface area contributed by atoms with E-state index in [2.05, 4.69) is 28.1 Å². The monoisotopic (exact) mass is 346 g/mol. The van der Waals surface area contributed by atoms with Gasteiger partial charge in [0.15, 0.2) is 0 Å². The average Bonchev–Trinajstić information content (AvgIpc) is 2.45. The average molecular weight is 347 g/mol. The molecule has 1 N–H and O–H groups in total. The van der Waals surface area contributed by atoms with Crippen LogP contribution in [0.1, 0.15) is 48.0 Å². The number of rotatable bonds is 4. The third kappa shape index (κ3) is 2.99. The van der Waals surface area contributed by atoms with Gasteiger partial charge in [-0.3, -0.25) is 0 Å². The van der Waals surface area contributed by atoms with Crippen LogP contribution in [0.4, 0.5) is 0 Å². The first kappa shape index (κ1) is 14.6. The number of hydrogen-bond donors (Lipinski definition) is 1. The largest absolute Gasteiger partial charge is 0.496 e. The van der Waals surface area contributed by atoms with Gasteiger partial charge < -0.3 is 9.84 Å². The molecule has 2 nitrogen and oxygen atoms in total. The molecule has 0 radical (unpaired) electrons. The Balaban J connectivity index is 1.85. The predicted molar refractivity (Wildman–Crippen MR) is 87.8 cm³/mol. The molecular formula is C18H19BrO2. The molecule has 1 aliphatic rings. The molecule has 21 heavy (non-hydrogen) atoms. The van der Waals surface area contributed by atoms with E-state index in [1.807, 2.05) is 30.3 Å². The molecule has 3 heteroatoms. The van der Waals surface area contributed by atoms with Gasteiger partial charge in [-0.25, -0.2) is 0 Å². The Hall–Kier alpha value is -1.32. The maximum atomic E-state index is 10.6. The summed E-state index contributed by atoms with van der Waals surface area (Å²) < 4.78 is 6.31. The molecule has 1 fully saturated rings. The molecule has 1 aliphatic carbocycles. The van der Waals surface area contributed by atoms with Gasteiger partial charge >= 0.3 is 0 Å². The summed E-state index contributed by atoms with van der Waals surface area (Å²) in [5, 5.41) is 10.6. The minimum atomic E-state index is -0.663. The van der Waals surface area contributed by atoms with Crippen LogP contribution in [0.15, 0.2) is 46.9 Å². The first-order valence-electron chi connectivity index (χ1n) is 7.30. The molecule has 0 aromatic heterocycles. The minimum absolute atomic E-state index is 0.663. The highest BCUT2D eigenvalue weighted by molar-refractivity contribution is 9.10. The van der Waals surface area contributed by atoms with Crippen molar-refractivity contribution in [3.8, 4) is 5.75 Å². The second kappa shape index (κ2) is 6.20. The lowest BCUT2D eigenvalue weighted by Crippen LogP contribution is -2.09. The topological polar surface area (TPSA) is 29.5 Å². The molecule has 0 bridgehead atoms. The van der Waals surface area contributed by atoms with Gasteiger partial charge in [0.2, 0.25) is 0 Å². The van der Waals surface area contributed by atoms with Crippen molar-refractivity contribution < 1.29 is 9.84 Å². The summed E-state index contributed by atoms with van der Waals surface area (Å²) in [4.78, 5) is 0. The molecule has 0 amide bonds. The zero-order valence-electron chi connectivity index (χ0n) is 12.1. The van der Waals surface area contributed by atoms with Gasteiger partial charge in [-0.05, 0) is 42.0 Å². The van der Waals surface area contributed by atoms with Crippen LogP contribution in [0.3, 0.4) is 0 Å². The van der Waals surface area contributed by atoms with E-state index in [-0.39, 0.29) is 0 Å². The van der Waals surface area contributed by atoms with Gasteiger partial charge in [0, 0.05) is 10.0 Å². The molecule has 1 atom stereocenters. The molecule has 2 aromatic carbocycles. The number of methoxy groups -OCH3 is 1. The van der Waals surface area contributed by atoms with Gasteiger partial charge in [0.1, 0.15) is 11.9 Å². The molecule has 1 unspecified atom stereocenters. The fraction of sp³-hybridized carbons (Fsp3) is 0.333. The standard InChI is InChI=1S/C18H19BrO2/c1-21-17-11-15(19)9-10-16(17)18(20)14-7-5-13(6-8-14)12-3-2-4-12/h5-12,18,20H,2-4H2,1H3. The molecular weight excluding hydrogens is 328 g/mol. The molecule has 2 aromatic rings. The predicted octanol–water partition coefficient (Wildman–Crippen LogP) is 4.81. The number of hydrogen-bond acceptors (Lipinski definition) is 2. The van der Waals surface area contributed by atoms with Crippen molar-refractivity contribution in [2.45, 2.75) is 31.3 Å². The second-order valence-electron chi connectivity index (χ2n) is 5.58. The van der Waals surface area contributed by atoms with Crippen molar-refractivity contribution in [1.82, 2.24) is 0 Å². The van der Waals surface area contributed by atoms with E-state index < -0.39 is 6.10 Å². The highest BCUT2D eigenvalue weighted by Gasteiger charge is 2.20. The zero-order chi connectivity index (χ0) is 14.8. The van der Waals surface area contributed by atoms with E-state index in [0.29, 0.717) is 5.75 Å². The second-order valence-corrected chi connectivity index (χ2v) is 6.50. The Kier molecular flexibility index (Phi) is 4.32. The molecule has 110 valence electrons. The SMILES string of the molecule is COc1cc(Br)ccc1C(O)c1ccc(C2CCC2)cc1. The summed E-state index contributed by atoms with van der Waals surface area (Å²) in [6.45, 7) is 0. The Bertz CT molecular complexity index is 618. The zero-order valence-corrected chi connectivity index (χ0v) is 13.6. The molecule has 0 heterocycles. The highest BCUT2D eigenvalue weighted by Crippen LogP contribution is 2.37. The summed E-state index contributed by atoms with van der Waals surface area (Å²) in [7, 11) is 1.62. The first-order valence-corrected chi connectivity index (χ1v) is 8.09. The van der Waals surface area contributed by atoms with Crippen LogP contribution in [-0.4, -0.2) is 12.2 Å². The Morgan fingerprint density at radius 2 is 1.86 bits per heavy atom. The van der Waals surface area contributed by atoms with Crippen LogP contribution in [0.5, 0.6) is 5.75 Å². The van der Waals surface area contributed by atoms with E-state index in [4.69, 9.17) is 4.74 Å². The van der Waals surface area contributed by atoms with Crippen molar-refractivity contribution in [3.63, 3.8) is 0 Å². The van der Waals surface area contributed by atoms with Gasteiger partial charge in [-0.1, -0.05) is 52.7 Å². The third-order valence-corrected chi connectivity index (χ3v) is 4.81. The van der Waals surface area contributed by atoms with Crippen molar-refractivity contribution in [1.29, 1.82) is 0 Å². The number of halogens is 1. The minimum Gasteiger partial charge on any atom is -0.496 e. The Morgan fingerprint density at radius 3 is 2.43 bits per heavy atom. The van der Waals surface area contributed by atoms with Crippen LogP contribution in [0.2, 0.25) is 0 Å². The van der Waals surface area contributed by atoms with Crippen LogP contribution in [-0.2, 0) is 0 Å². The number of benzene rings is 2. The molecule has 0 spiro atoms. The lowest BCUT2D eigenvalue weighted by molar-refractivity contribution is 0.214. The quantitative estimate of drug-likeness (QED) is 0.860. The summed E-state index contributed by atoms with van der Waals surface area (Å²) in [6, 6.07) is 14.0. The number of ether oxygens (including phenoxy) is 1. The van der Waals surface area contributed by atoms with E-state index in [9.17, 15) is 5.11 Å². The van der Waals surface area contributed by atoms with Gasteiger partial charge in [-0.2, -0.15) is 0 Å². The maximum Gasteiger partial charge on any atom is 0.126 e. The molecule has 3 rings (SSSR count). The van der Waals surface area contributed by atoms with Crippen molar-refractivity contribution in [3.05, 3.63) is 63.6 Å². The smallest absolute Gasteiger partial charge is 0.126 e. The Morgan fingerprint density at radius 1 is 1.14 bits per heavy atom. The Labute approximate surface area is 133 Å². The van der Waals surface area contributed by atoms with Crippen LogP contribution in [0, 0.1) is 0 Å². The van der Waals surface area contributed by atoms with E-state index in [1.165, 1.54) is 24.8 Å². The summed E-state index contributed by atoms with van der Waals surface area (Å²) in [5.74, 6) is 1.42. The van der Waals surface area contributed by atoms with Crippen molar-refractivity contribution in [2.75, 3.05) is 7.11 Å². The van der Waals surface area contributed by atoms with E-state index in [0.717, 1.165) is 21.5 Å². The van der Waals surface area contributed by atoms with E-state index in [1.54, 1.807) is 7.11 Å². The van der Waals surface area contributed by atoms with Crippen molar-refractivity contribution >= 4 is 15.9 Å². The maximum absolute atomic E-state index is 10.6. The molecule has 1 saturated carbocycles. The third-order valence-electron chi connectivity index (χ3n) is 4.32. The highest BCUT2D eigenvalue weighted by atomic mass is 79.9. The fourth-order valence-corrected chi connectivity index (χ4v) is 3.12. The normalized spacial score (nSPS) is 16.3. The molecule has 0 saturated heterocycles. The molecule has 0 aliphatic heterocycles. The fourth-order valence-electron chi connectivity index (χ4n) is 2.78. The first-order chi connectivity index (χ1) is 10.2. The summed E-state index contributed by atoms with van der Waals surface area (Å²) >= 11 is 3.42. The lowest BCUT2D eigenvalue weighted by atomic mass is 9.80. The van der Waals surface area contributed by atoms with Crippen LogP contribution < -0.4 is 4.74 Å². The van der Waals surface area contributed by atoms with E-state index >= 15 is 0 Å². The van der Waals surface area contributed by atoms with Gasteiger partial charge in [0.25, 0.3) is 0 Å². The van der Waals surface area contributed by atoms with Crippen molar-refractivity contribution in [2.24, 2.45) is 0 Å². The van der Waals surface area contributed by atoms with Crippen LogP contribution >= 0.6 is 15.9 Å². The number of aliphatic hydroxyl groups is 1. The van der Waals surface area contributed by atoms with Gasteiger partial charge in [-0.15, -0.1) is 0 Å².